The smallest absolute Gasteiger partial charge is 0.462 e. The Morgan fingerprint density at radius 3 is 2.25 bits per heavy atom. The second kappa shape index (κ2) is 18.6. The number of aliphatic hydroxyl groups excluding tert-OH is 2. The van der Waals surface area contributed by atoms with E-state index in [1.807, 2.05) is 0 Å². The van der Waals surface area contributed by atoms with Crippen LogP contribution in [0.1, 0.15) is 46.3 Å². The van der Waals surface area contributed by atoms with Gasteiger partial charge in [0, 0.05) is 46.4 Å². The minimum absolute atomic E-state index is 0.00891. The van der Waals surface area contributed by atoms with Gasteiger partial charge in [0.05, 0.1) is 31.0 Å². The number of nitrogens with zero attached hydrogens (tertiary/aromatic N) is 3. The first-order valence-corrected chi connectivity index (χ1v) is 20.3. The zero-order valence-corrected chi connectivity index (χ0v) is 32.6. The van der Waals surface area contributed by atoms with Crippen LogP contribution >= 0.6 is 26.9 Å². The number of esters is 4. The number of nitrogen functional groups attached to an aromatic ring is 1. The highest BCUT2D eigenvalue weighted by atomic mass is 32.7. The van der Waals surface area contributed by atoms with Crippen molar-refractivity contribution in [1.82, 2.24) is 9.97 Å². The Bertz CT molecular complexity index is 1930. The Morgan fingerprint density at radius 1 is 0.982 bits per heavy atom. The Balaban J connectivity index is 1.56. The molecule has 4 rings (SSSR count). The average Bonchev–Trinajstić information content (AvgIpc) is 3.63. The quantitative estimate of drug-likeness (QED) is 0.0534. The van der Waals surface area contributed by atoms with Gasteiger partial charge in [-0.3, -0.25) is 33.0 Å². The van der Waals surface area contributed by atoms with Crippen molar-refractivity contribution in [3.05, 3.63) is 18.2 Å². The van der Waals surface area contributed by atoms with Crippen molar-refractivity contribution in [2.75, 3.05) is 18.9 Å². The monoisotopic (exact) mass is 856 g/mol. The van der Waals surface area contributed by atoms with Gasteiger partial charge in [-0.2, -0.15) is 4.31 Å². The third kappa shape index (κ3) is 11.6. The number of aliphatic hydroxyl groups is 2. The van der Waals surface area contributed by atoms with Gasteiger partial charge in [-0.05, 0) is 0 Å². The number of furan rings is 1. The maximum absolute atomic E-state index is 13.4. The summed E-state index contributed by atoms with van der Waals surface area (Å²) in [5.41, 5.74) is 6.31. The van der Waals surface area contributed by atoms with Gasteiger partial charge in [0.15, 0.2) is 29.7 Å². The number of aliphatic imine (C=N–C) groups is 1. The van der Waals surface area contributed by atoms with Crippen molar-refractivity contribution in [2.45, 2.75) is 89.7 Å². The van der Waals surface area contributed by atoms with Crippen molar-refractivity contribution < 1.29 is 94.4 Å². The molecule has 4 heterocycles. The highest BCUT2D eigenvalue weighted by Gasteiger charge is 2.55. The SMILES string of the molecule is CC(=O)/N=C/C1[C@@H](O)[C@H](c2coc3c(N)ncnc23)O[C@@H]1COP(=O)(S)OP(=O)(O)OC1OC([C@H](COC(C)=O)OC(C)=O)C(OC(C)=O)C(O)C1OC(C)=O. The van der Waals surface area contributed by atoms with E-state index in [4.69, 9.17) is 51.9 Å². The van der Waals surface area contributed by atoms with Gasteiger partial charge in [0.1, 0.15) is 36.8 Å². The lowest BCUT2D eigenvalue weighted by atomic mass is 9.95. The number of amides is 1. The fourth-order valence-electron chi connectivity index (χ4n) is 5.62. The molecule has 2 saturated heterocycles. The molecule has 0 spiro atoms. The minimum Gasteiger partial charge on any atom is -0.462 e. The first-order valence-electron chi connectivity index (χ1n) is 16.1. The molecule has 0 aromatic carbocycles. The van der Waals surface area contributed by atoms with E-state index in [1.165, 1.54) is 6.26 Å². The molecule has 2 aromatic heterocycles. The van der Waals surface area contributed by atoms with Crippen LogP contribution in [0.4, 0.5) is 5.82 Å². The van der Waals surface area contributed by atoms with Gasteiger partial charge in [-0.25, -0.2) is 24.1 Å². The number of fused-ring (bicyclic) bond motifs is 1. The van der Waals surface area contributed by atoms with Crippen molar-refractivity contribution in [3.63, 3.8) is 0 Å². The number of hydrogen-bond donors (Lipinski definition) is 5. The molecule has 2 aliphatic rings. The normalized spacial score (nSPS) is 29.2. The topological polar surface area (TPSA) is 341 Å². The summed E-state index contributed by atoms with van der Waals surface area (Å²) in [7, 11) is -5.74. The number of rotatable bonds is 15. The fraction of sp³-hybridized carbons (Fsp3) is 0.586. The van der Waals surface area contributed by atoms with Crippen LogP contribution in [0.15, 0.2) is 22.0 Å². The molecule has 12 atom stereocenters. The second-order valence-corrected chi connectivity index (χ2v) is 16.5. The number of thiol groups is 1. The van der Waals surface area contributed by atoms with Crippen LogP contribution in [-0.2, 0) is 74.9 Å². The van der Waals surface area contributed by atoms with Gasteiger partial charge in [-0.15, -0.1) is 0 Å². The van der Waals surface area contributed by atoms with Gasteiger partial charge in [0.25, 0.3) is 0 Å². The summed E-state index contributed by atoms with van der Waals surface area (Å²) >= 11 is 3.74. The predicted molar refractivity (Wildman–Crippen MR) is 185 cm³/mol. The van der Waals surface area contributed by atoms with Crippen LogP contribution in [0.5, 0.6) is 0 Å². The highest BCUT2D eigenvalue weighted by molar-refractivity contribution is 8.45. The fourth-order valence-corrected chi connectivity index (χ4v) is 8.80. The molecule has 2 aromatic rings. The van der Waals surface area contributed by atoms with Crippen LogP contribution < -0.4 is 5.73 Å². The van der Waals surface area contributed by atoms with E-state index in [9.17, 15) is 48.2 Å². The molecule has 0 bridgehead atoms. The number of aromatic nitrogens is 2. The first-order chi connectivity index (χ1) is 26.1. The molecule has 0 aliphatic carbocycles. The largest absolute Gasteiger partial charge is 0.482 e. The third-order valence-electron chi connectivity index (χ3n) is 7.74. The Labute approximate surface area is 321 Å². The number of ether oxygens (including phenoxy) is 6. The lowest BCUT2D eigenvalue weighted by Gasteiger charge is -2.44. The number of phosphoric ester groups is 1. The Morgan fingerprint density at radius 2 is 1.64 bits per heavy atom. The Kier molecular flexibility index (Phi) is 14.9. The molecule has 56 heavy (non-hydrogen) atoms. The predicted octanol–water partition coefficient (Wildman–Crippen LogP) is 0.471. The molecular weight excluding hydrogens is 818 g/mol. The zero-order valence-electron chi connectivity index (χ0n) is 30.0. The summed E-state index contributed by atoms with van der Waals surface area (Å²) in [5, 5.41) is 22.4. The van der Waals surface area contributed by atoms with Crippen molar-refractivity contribution >= 4 is 79.8 Å². The van der Waals surface area contributed by atoms with Crippen LogP contribution in [0.3, 0.4) is 0 Å². The second-order valence-electron chi connectivity index (χ2n) is 12.1. The lowest BCUT2D eigenvalue weighted by Crippen LogP contribution is -2.64. The average molecular weight is 857 g/mol. The van der Waals surface area contributed by atoms with Gasteiger partial charge in [0.2, 0.25) is 12.2 Å². The number of phosphoric acid groups is 1. The lowest BCUT2D eigenvalue weighted by molar-refractivity contribution is -0.299. The zero-order chi connectivity index (χ0) is 41.7. The number of carbonyl (C=O) groups excluding carboxylic acids is 5. The molecule has 0 radical (unpaired) electrons. The van der Waals surface area contributed by atoms with Crippen LogP contribution in [0.25, 0.3) is 11.1 Å². The van der Waals surface area contributed by atoms with E-state index in [-0.39, 0.29) is 22.5 Å². The number of hydrogen-bond acceptors (Lipinski definition) is 22. The van der Waals surface area contributed by atoms with E-state index in [1.54, 1.807) is 0 Å². The van der Waals surface area contributed by atoms with Crippen molar-refractivity contribution in [3.8, 4) is 0 Å². The summed E-state index contributed by atoms with van der Waals surface area (Å²) < 4.78 is 78.9. The Hall–Kier alpha value is -3.87. The number of carbonyl (C=O) groups is 5. The molecule has 2 aliphatic heterocycles. The molecule has 1 amide bonds. The van der Waals surface area contributed by atoms with E-state index in [0.29, 0.717) is 0 Å². The maximum Gasteiger partial charge on any atom is 0.482 e. The maximum atomic E-state index is 13.4. The highest BCUT2D eigenvalue weighted by Crippen LogP contribution is 2.66. The van der Waals surface area contributed by atoms with E-state index in [2.05, 4.69) is 27.2 Å². The van der Waals surface area contributed by atoms with E-state index < -0.39 is 119 Å². The molecule has 0 saturated carbocycles. The van der Waals surface area contributed by atoms with E-state index >= 15 is 0 Å². The molecule has 8 unspecified atom stereocenters. The number of nitrogens with two attached hydrogens (primary N) is 1. The summed E-state index contributed by atoms with van der Waals surface area (Å²) in [6, 6.07) is 0. The summed E-state index contributed by atoms with van der Waals surface area (Å²) in [6.07, 6.45) is -12.5. The summed E-state index contributed by atoms with van der Waals surface area (Å²) in [5.74, 6) is -5.74. The van der Waals surface area contributed by atoms with Gasteiger partial charge >= 0.3 is 38.5 Å². The molecule has 24 nitrogen and oxygen atoms in total. The van der Waals surface area contributed by atoms with Crippen LogP contribution in [0, 0.1) is 5.92 Å². The first kappa shape index (κ1) is 44.8. The molecule has 27 heteroatoms. The van der Waals surface area contributed by atoms with Crippen molar-refractivity contribution in [1.29, 1.82) is 0 Å². The third-order valence-corrected chi connectivity index (χ3v) is 11.3. The van der Waals surface area contributed by atoms with Crippen LogP contribution in [0.2, 0.25) is 0 Å². The van der Waals surface area contributed by atoms with Crippen molar-refractivity contribution in [2.24, 2.45) is 10.9 Å². The summed E-state index contributed by atoms with van der Waals surface area (Å²) in [6.45, 7) is -1.64. The molecule has 310 valence electrons. The van der Waals surface area contributed by atoms with Gasteiger partial charge < -0.3 is 53.7 Å². The number of anilines is 1. The van der Waals surface area contributed by atoms with E-state index in [0.717, 1.165) is 47.2 Å². The molecule has 2 fully saturated rings. The summed E-state index contributed by atoms with van der Waals surface area (Å²) in [4.78, 5) is 81.4. The van der Waals surface area contributed by atoms with Gasteiger partial charge in [-0.1, -0.05) is 12.2 Å². The molecule has 5 N–H and O–H groups in total. The minimum atomic E-state index is -5.74. The van der Waals surface area contributed by atoms with Crippen LogP contribution in [-0.4, -0.2) is 123 Å². The standard InChI is InChI=1S/C29H38N4O20P2S/c1-11(34)31-6-16-18(50-23(21(16)39)17-7-45-25-20(17)32-10-33-28(25)30)9-46-55(43,56)53-54(41,42)52-29-27(49-15(5)38)22(40)26(48-14(4)37)24(51-29)19(47-13(3)36)8-44-12(2)35/h6-7,10,16,18-19,21-24,26-27,29,39-40H,8-9H2,1-5H3,(H,41,42)(H,43,56)(H2,30,32,33)/b31-6+/t16?,18-,19+,21-,22?,23+,24?,26?,27?,29?,55?/m1/s1. The molecular formula is C29H38N4O20P2S.